The third kappa shape index (κ3) is 4.59. The summed E-state index contributed by atoms with van der Waals surface area (Å²) >= 11 is 3.46. The van der Waals surface area contributed by atoms with E-state index in [-0.39, 0.29) is 0 Å². The van der Waals surface area contributed by atoms with Crippen molar-refractivity contribution in [1.82, 2.24) is 14.9 Å². The lowest BCUT2D eigenvalue weighted by atomic mass is 10.1. The molecule has 0 unspecified atom stereocenters. The number of aromatic nitrogens is 2. The van der Waals surface area contributed by atoms with Crippen molar-refractivity contribution in [3.05, 3.63) is 46.7 Å². The summed E-state index contributed by atoms with van der Waals surface area (Å²) in [6, 6.07) is 10.1. The molecule has 23 heavy (non-hydrogen) atoms. The van der Waals surface area contributed by atoms with Crippen LogP contribution in [0.1, 0.15) is 25.5 Å². The van der Waals surface area contributed by atoms with E-state index in [1.807, 2.05) is 36.5 Å². The van der Waals surface area contributed by atoms with Crippen LogP contribution < -0.4 is 0 Å². The van der Waals surface area contributed by atoms with Gasteiger partial charge >= 0.3 is 0 Å². The molecular weight excluding hydrogens is 354 g/mol. The van der Waals surface area contributed by atoms with Crippen LogP contribution in [-0.4, -0.2) is 40.7 Å². The predicted octanol–water partition coefficient (Wildman–Crippen LogP) is 3.91. The Morgan fingerprint density at radius 1 is 1.26 bits per heavy atom. The van der Waals surface area contributed by atoms with E-state index in [9.17, 15) is 0 Å². The molecule has 1 atom stereocenters. The number of nitrogens with zero attached hydrogens (tertiary/aromatic N) is 3. The van der Waals surface area contributed by atoms with E-state index in [1.165, 1.54) is 6.42 Å². The molecule has 1 fully saturated rings. The first-order valence-electron chi connectivity index (χ1n) is 8.16. The minimum absolute atomic E-state index is 0.363. The highest BCUT2D eigenvalue weighted by molar-refractivity contribution is 9.10. The molecule has 1 saturated heterocycles. The first-order chi connectivity index (χ1) is 11.2. The molecule has 1 aromatic carbocycles. The average molecular weight is 376 g/mol. The van der Waals surface area contributed by atoms with Crippen molar-refractivity contribution in [2.24, 2.45) is 0 Å². The summed E-state index contributed by atoms with van der Waals surface area (Å²) in [6.07, 6.45) is 4.57. The molecule has 2 heterocycles. The van der Waals surface area contributed by atoms with E-state index >= 15 is 0 Å². The van der Waals surface area contributed by atoms with Crippen LogP contribution in [0, 0.1) is 0 Å². The summed E-state index contributed by atoms with van der Waals surface area (Å²) in [5, 5.41) is 0. The predicted molar refractivity (Wildman–Crippen MR) is 95.1 cm³/mol. The van der Waals surface area contributed by atoms with Gasteiger partial charge < -0.3 is 4.74 Å². The lowest BCUT2D eigenvalue weighted by Crippen LogP contribution is -2.39. The second-order valence-corrected chi connectivity index (χ2v) is 6.75. The number of hydrogen-bond acceptors (Lipinski definition) is 4. The van der Waals surface area contributed by atoms with Crippen LogP contribution in [0.2, 0.25) is 0 Å². The highest BCUT2D eigenvalue weighted by atomic mass is 79.9. The van der Waals surface area contributed by atoms with Gasteiger partial charge in [0.1, 0.15) is 0 Å². The number of halogens is 1. The molecule has 2 aromatic rings. The molecule has 0 N–H and O–H groups in total. The number of piperidine rings is 1. The van der Waals surface area contributed by atoms with Crippen LogP contribution in [0.15, 0.2) is 41.0 Å². The van der Waals surface area contributed by atoms with Crippen molar-refractivity contribution in [1.29, 1.82) is 0 Å². The molecule has 0 saturated carbocycles. The van der Waals surface area contributed by atoms with E-state index < -0.39 is 0 Å². The van der Waals surface area contributed by atoms with E-state index in [0.29, 0.717) is 6.10 Å². The van der Waals surface area contributed by atoms with Crippen LogP contribution in [0.5, 0.6) is 0 Å². The summed E-state index contributed by atoms with van der Waals surface area (Å²) in [6.45, 7) is 5.82. The SMILES string of the molecule is CCO[C@H]1CCCN(Cc2ccnc(-c3ccc(Br)cc3)n2)C1. The zero-order valence-corrected chi connectivity index (χ0v) is 15.0. The quantitative estimate of drug-likeness (QED) is 0.793. The summed E-state index contributed by atoms with van der Waals surface area (Å²) in [5.74, 6) is 0.786. The Morgan fingerprint density at radius 2 is 2.09 bits per heavy atom. The molecule has 122 valence electrons. The molecule has 0 amide bonds. The van der Waals surface area contributed by atoms with Crippen molar-refractivity contribution in [2.45, 2.75) is 32.4 Å². The summed E-state index contributed by atoms with van der Waals surface area (Å²) < 4.78 is 6.84. The normalized spacial score (nSPS) is 19.0. The lowest BCUT2D eigenvalue weighted by Gasteiger charge is -2.32. The van der Waals surface area contributed by atoms with Crippen LogP contribution in [-0.2, 0) is 11.3 Å². The second kappa shape index (κ2) is 7.99. The van der Waals surface area contributed by atoms with Crippen LogP contribution in [0.25, 0.3) is 11.4 Å². The van der Waals surface area contributed by atoms with Gasteiger partial charge in [0.2, 0.25) is 0 Å². The molecular formula is C18H22BrN3O. The molecule has 1 aliphatic rings. The van der Waals surface area contributed by atoms with Crippen molar-refractivity contribution in [2.75, 3.05) is 19.7 Å². The molecule has 4 nitrogen and oxygen atoms in total. The minimum Gasteiger partial charge on any atom is -0.377 e. The number of rotatable bonds is 5. The maximum atomic E-state index is 5.78. The van der Waals surface area contributed by atoms with Crippen LogP contribution in [0.3, 0.4) is 0 Å². The zero-order chi connectivity index (χ0) is 16.1. The van der Waals surface area contributed by atoms with Gasteiger partial charge in [-0.3, -0.25) is 4.90 Å². The first-order valence-corrected chi connectivity index (χ1v) is 8.95. The second-order valence-electron chi connectivity index (χ2n) is 5.83. The number of hydrogen-bond donors (Lipinski definition) is 0. The molecule has 0 aliphatic carbocycles. The van der Waals surface area contributed by atoms with Gasteiger partial charge in [0.15, 0.2) is 5.82 Å². The van der Waals surface area contributed by atoms with Gasteiger partial charge in [-0.25, -0.2) is 9.97 Å². The number of benzene rings is 1. The monoisotopic (exact) mass is 375 g/mol. The van der Waals surface area contributed by atoms with Crippen molar-refractivity contribution in [3.63, 3.8) is 0 Å². The van der Waals surface area contributed by atoms with E-state index in [4.69, 9.17) is 9.72 Å². The largest absolute Gasteiger partial charge is 0.377 e. The van der Waals surface area contributed by atoms with Gasteiger partial charge in [-0.15, -0.1) is 0 Å². The summed E-state index contributed by atoms with van der Waals surface area (Å²) in [5.41, 5.74) is 2.11. The fourth-order valence-electron chi connectivity index (χ4n) is 2.98. The van der Waals surface area contributed by atoms with Crippen LogP contribution >= 0.6 is 15.9 Å². The third-order valence-corrected chi connectivity index (χ3v) is 4.59. The Bertz CT molecular complexity index is 630. The Balaban J connectivity index is 1.69. The maximum Gasteiger partial charge on any atom is 0.159 e. The van der Waals surface area contributed by atoms with Gasteiger partial charge in [-0.05, 0) is 44.5 Å². The Morgan fingerprint density at radius 3 is 2.87 bits per heavy atom. The summed E-state index contributed by atoms with van der Waals surface area (Å²) in [7, 11) is 0. The van der Waals surface area contributed by atoms with Gasteiger partial charge in [-0.2, -0.15) is 0 Å². The minimum atomic E-state index is 0.363. The molecule has 0 spiro atoms. The molecule has 1 aliphatic heterocycles. The highest BCUT2D eigenvalue weighted by Crippen LogP contribution is 2.20. The van der Waals surface area contributed by atoms with Crippen molar-refractivity contribution in [3.8, 4) is 11.4 Å². The first kappa shape index (κ1) is 16.6. The Hall–Kier alpha value is -1.30. The van der Waals surface area contributed by atoms with E-state index in [1.54, 1.807) is 0 Å². The zero-order valence-electron chi connectivity index (χ0n) is 13.4. The highest BCUT2D eigenvalue weighted by Gasteiger charge is 2.20. The smallest absolute Gasteiger partial charge is 0.159 e. The van der Waals surface area contributed by atoms with Crippen molar-refractivity contribution < 1.29 is 4.74 Å². The average Bonchev–Trinajstić information content (AvgIpc) is 2.56. The van der Waals surface area contributed by atoms with E-state index in [0.717, 1.165) is 54.2 Å². The van der Waals surface area contributed by atoms with Gasteiger partial charge in [0, 0.05) is 35.9 Å². The molecule has 0 bridgehead atoms. The number of ether oxygens (including phenoxy) is 1. The standard InChI is InChI=1S/C18H22BrN3O/c1-2-23-17-4-3-11-22(13-17)12-16-9-10-20-18(21-16)14-5-7-15(19)8-6-14/h5-10,17H,2-4,11-13H2,1H3/t17-/m0/s1. The Labute approximate surface area is 146 Å². The maximum absolute atomic E-state index is 5.78. The fourth-order valence-corrected chi connectivity index (χ4v) is 3.24. The topological polar surface area (TPSA) is 38.2 Å². The molecule has 5 heteroatoms. The van der Waals surface area contributed by atoms with Gasteiger partial charge in [-0.1, -0.05) is 28.1 Å². The van der Waals surface area contributed by atoms with Gasteiger partial charge in [0.05, 0.1) is 11.8 Å². The van der Waals surface area contributed by atoms with Gasteiger partial charge in [0.25, 0.3) is 0 Å². The fraction of sp³-hybridized carbons (Fsp3) is 0.444. The molecule has 0 radical (unpaired) electrons. The summed E-state index contributed by atoms with van der Waals surface area (Å²) in [4.78, 5) is 11.6. The lowest BCUT2D eigenvalue weighted by molar-refractivity contribution is 0.00332. The number of likely N-dealkylation sites (tertiary alicyclic amines) is 1. The third-order valence-electron chi connectivity index (χ3n) is 4.07. The Kier molecular flexibility index (Phi) is 5.75. The molecule has 3 rings (SSSR count). The van der Waals surface area contributed by atoms with Crippen molar-refractivity contribution >= 4 is 15.9 Å². The van der Waals surface area contributed by atoms with E-state index in [2.05, 4.69) is 32.7 Å². The molecule has 1 aromatic heterocycles. The van der Waals surface area contributed by atoms with Crippen LogP contribution in [0.4, 0.5) is 0 Å².